The van der Waals surface area contributed by atoms with Crippen molar-refractivity contribution in [2.75, 3.05) is 18.5 Å². The van der Waals surface area contributed by atoms with Crippen molar-refractivity contribution < 1.29 is 9.53 Å². The van der Waals surface area contributed by atoms with Crippen LogP contribution in [0.4, 0.5) is 5.69 Å². The van der Waals surface area contributed by atoms with Crippen LogP contribution in [-0.4, -0.2) is 31.2 Å². The van der Waals surface area contributed by atoms with Gasteiger partial charge in [-0.25, -0.2) is 0 Å². The lowest BCUT2D eigenvalue weighted by atomic mass is 10.1. The summed E-state index contributed by atoms with van der Waals surface area (Å²) in [6.45, 7) is 5.58. The molecule has 2 N–H and O–H groups in total. The molecule has 0 radical (unpaired) electrons. The summed E-state index contributed by atoms with van der Waals surface area (Å²) in [5, 5.41) is 6.85. The molecule has 1 heterocycles. The Bertz CT molecular complexity index is 479. The Morgan fingerprint density at radius 2 is 2.30 bits per heavy atom. The molecule has 1 fully saturated rings. The van der Waals surface area contributed by atoms with Gasteiger partial charge >= 0.3 is 0 Å². The van der Waals surface area contributed by atoms with Crippen molar-refractivity contribution in [3.63, 3.8) is 0 Å². The molecule has 5 heteroatoms. The van der Waals surface area contributed by atoms with Gasteiger partial charge in [-0.05, 0) is 38.0 Å². The van der Waals surface area contributed by atoms with E-state index in [9.17, 15) is 4.79 Å². The maximum atomic E-state index is 12.4. The maximum absolute atomic E-state index is 12.4. The first-order chi connectivity index (χ1) is 9.61. The van der Waals surface area contributed by atoms with E-state index in [1.165, 1.54) is 0 Å². The third-order valence-corrected chi connectivity index (χ3v) is 3.72. The summed E-state index contributed by atoms with van der Waals surface area (Å²) in [6.07, 6.45) is 1.91. The van der Waals surface area contributed by atoms with E-state index in [-0.39, 0.29) is 18.1 Å². The molecule has 0 aromatic heterocycles. The molecule has 1 aliphatic rings. The normalized spacial score (nSPS) is 21.8. The fourth-order valence-corrected chi connectivity index (χ4v) is 2.46. The number of hydrogen-bond acceptors (Lipinski definition) is 3. The van der Waals surface area contributed by atoms with Crippen LogP contribution < -0.4 is 10.6 Å². The second-order valence-electron chi connectivity index (χ2n) is 5.06. The van der Waals surface area contributed by atoms with Crippen molar-refractivity contribution in [1.82, 2.24) is 5.32 Å². The molecule has 0 bridgehead atoms. The smallest absolute Gasteiger partial charge is 0.253 e. The minimum atomic E-state index is -0.103. The molecule has 2 atom stereocenters. The van der Waals surface area contributed by atoms with Crippen molar-refractivity contribution >= 4 is 23.2 Å². The quantitative estimate of drug-likeness (QED) is 0.878. The van der Waals surface area contributed by atoms with Crippen LogP contribution in [0.3, 0.4) is 0 Å². The van der Waals surface area contributed by atoms with Gasteiger partial charge in [0.1, 0.15) is 0 Å². The number of carbonyl (C=O) groups excluding carboxylic acids is 1. The number of amides is 1. The van der Waals surface area contributed by atoms with Crippen LogP contribution in [-0.2, 0) is 4.74 Å². The lowest BCUT2D eigenvalue weighted by Crippen LogP contribution is -2.39. The van der Waals surface area contributed by atoms with Crippen molar-refractivity contribution in [3.8, 4) is 0 Å². The molecular weight excluding hydrogens is 276 g/mol. The number of anilines is 1. The van der Waals surface area contributed by atoms with Crippen molar-refractivity contribution in [1.29, 1.82) is 0 Å². The van der Waals surface area contributed by atoms with Gasteiger partial charge in [-0.2, -0.15) is 0 Å². The molecule has 1 aromatic carbocycles. The highest BCUT2D eigenvalue weighted by molar-refractivity contribution is 6.31. The van der Waals surface area contributed by atoms with Crippen LogP contribution in [0.25, 0.3) is 0 Å². The Kier molecular flexibility index (Phi) is 5.26. The first-order valence-electron chi connectivity index (χ1n) is 7.07. The zero-order chi connectivity index (χ0) is 14.5. The summed E-state index contributed by atoms with van der Waals surface area (Å²) in [5.74, 6) is -0.103. The summed E-state index contributed by atoms with van der Waals surface area (Å²) < 4.78 is 5.46. The van der Waals surface area contributed by atoms with E-state index >= 15 is 0 Å². The molecule has 0 aliphatic carbocycles. The van der Waals surface area contributed by atoms with Gasteiger partial charge in [-0.15, -0.1) is 0 Å². The molecule has 0 spiro atoms. The second-order valence-corrected chi connectivity index (χ2v) is 5.50. The van der Waals surface area contributed by atoms with E-state index in [2.05, 4.69) is 17.6 Å². The first kappa shape index (κ1) is 15.1. The number of halogens is 1. The minimum absolute atomic E-state index is 0.0604. The van der Waals surface area contributed by atoms with Crippen LogP contribution in [0.2, 0.25) is 5.02 Å². The summed E-state index contributed by atoms with van der Waals surface area (Å²) in [5.41, 5.74) is 1.41. The summed E-state index contributed by atoms with van der Waals surface area (Å²) >= 11 is 6.01. The van der Waals surface area contributed by atoms with Crippen LogP contribution in [0.1, 0.15) is 37.0 Å². The fraction of sp³-hybridized carbons (Fsp3) is 0.533. The molecule has 2 unspecified atom stereocenters. The molecule has 1 amide bonds. The monoisotopic (exact) mass is 296 g/mol. The summed E-state index contributed by atoms with van der Waals surface area (Å²) in [7, 11) is 0. The van der Waals surface area contributed by atoms with Gasteiger partial charge in [-0.3, -0.25) is 4.79 Å². The summed E-state index contributed by atoms with van der Waals surface area (Å²) in [6, 6.07) is 5.41. The second kappa shape index (κ2) is 6.95. The number of rotatable bonds is 5. The predicted octanol–water partition coefficient (Wildman–Crippen LogP) is 3.07. The third kappa shape index (κ3) is 3.64. The zero-order valence-corrected chi connectivity index (χ0v) is 12.7. The van der Waals surface area contributed by atoms with Gasteiger partial charge < -0.3 is 15.4 Å². The highest BCUT2D eigenvalue weighted by Gasteiger charge is 2.26. The highest BCUT2D eigenvalue weighted by Crippen LogP contribution is 2.22. The van der Waals surface area contributed by atoms with Gasteiger partial charge in [0, 0.05) is 23.9 Å². The number of benzene rings is 1. The summed E-state index contributed by atoms with van der Waals surface area (Å²) in [4.78, 5) is 12.4. The average molecular weight is 297 g/mol. The Hall–Kier alpha value is -1.26. The fourth-order valence-electron chi connectivity index (χ4n) is 2.29. The van der Waals surface area contributed by atoms with Gasteiger partial charge in [0.05, 0.1) is 17.7 Å². The standard InChI is InChI=1S/C15H21ClN2O2/c1-3-7-17-14-5-4-11(16)9-12(14)15(19)18-13-6-8-20-10(13)2/h4-5,9-10,13,17H,3,6-8H2,1-2H3,(H,18,19). The molecule has 1 aromatic rings. The van der Waals surface area contributed by atoms with E-state index in [4.69, 9.17) is 16.3 Å². The minimum Gasteiger partial charge on any atom is -0.384 e. The van der Waals surface area contributed by atoms with E-state index in [0.717, 1.165) is 25.1 Å². The Morgan fingerprint density at radius 1 is 1.50 bits per heavy atom. The van der Waals surface area contributed by atoms with E-state index in [1.54, 1.807) is 12.1 Å². The van der Waals surface area contributed by atoms with Gasteiger partial charge in [-0.1, -0.05) is 18.5 Å². The first-order valence-corrected chi connectivity index (χ1v) is 7.45. The largest absolute Gasteiger partial charge is 0.384 e. The zero-order valence-electron chi connectivity index (χ0n) is 11.9. The average Bonchev–Trinajstić information content (AvgIpc) is 2.83. The van der Waals surface area contributed by atoms with Crippen LogP contribution in [0.15, 0.2) is 18.2 Å². The van der Waals surface area contributed by atoms with Gasteiger partial charge in [0.15, 0.2) is 0 Å². The van der Waals surface area contributed by atoms with Crippen molar-refractivity contribution in [3.05, 3.63) is 28.8 Å². The lowest BCUT2D eigenvalue weighted by molar-refractivity contribution is 0.0867. The molecule has 20 heavy (non-hydrogen) atoms. The number of carbonyl (C=O) groups is 1. The topological polar surface area (TPSA) is 50.4 Å². The Morgan fingerprint density at radius 3 is 2.95 bits per heavy atom. The molecule has 1 saturated heterocycles. The molecule has 2 rings (SSSR count). The lowest BCUT2D eigenvalue weighted by Gasteiger charge is -2.18. The molecule has 110 valence electrons. The van der Waals surface area contributed by atoms with E-state index in [0.29, 0.717) is 17.2 Å². The molecular formula is C15H21ClN2O2. The molecule has 4 nitrogen and oxygen atoms in total. The van der Waals surface area contributed by atoms with Crippen LogP contribution in [0, 0.1) is 0 Å². The highest BCUT2D eigenvalue weighted by atomic mass is 35.5. The SMILES string of the molecule is CCCNc1ccc(Cl)cc1C(=O)NC1CCOC1C. The van der Waals surface area contributed by atoms with E-state index < -0.39 is 0 Å². The van der Waals surface area contributed by atoms with Crippen molar-refractivity contribution in [2.24, 2.45) is 0 Å². The predicted molar refractivity (Wildman–Crippen MR) is 81.5 cm³/mol. The Labute approximate surface area is 124 Å². The van der Waals surface area contributed by atoms with Crippen LogP contribution in [0.5, 0.6) is 0 Å². The van der Waals surface area contributed by atoms with Crippen LogP contribution >= 0.6 is 11.6 Å². The number of nitrogens with one attached hydrogen (secondary N) is 2. The van der Waals surface area contributed by atoms with Gasteiger partial charge in [0.25, 0.3) is 5.91 Å². The number of ether oxygens (including phenoxy) is 1. The van der Waals surface area contributed by atoms with Gasteiger partial charge in [0.2, 0.25) is 0 Å². The molecule has 0 saturated carbocycles. The van der Waals surface area contributed by atoms with E-state index in [1.807, 2.05) is 13.0 Å². The molecule has 1 aliphatic heterocycles. The van der Waals surface area contributed by atoms with Crippen molar-refractivity contribution in [2.45, 2.75) is 38.8 Å². The maximum Gasteiger partial charge on any atom is 0.253 e. The number of hydrogen-bond donors (Lipinski definition) is 2. The third-order valence-electron chi connectivity index (χ3n) is 3.48. The Balaban J connectivity index is 2.12.